The summed E-state index contributed by atoms with van der Waals surface area (Å²) in [6, 6.07) is 7.38. The van der Waals surface area contributed by atoms with Gasteiger partial charge in [0.15, 0.2) is 0 Å². The molecule has 0 saturated heterocycles. The lowest BCUT2D eigenvalue weighted by Gasteiger charge is -2.05. The zero-order valence-corrected chi connectivity index (χ0v) is 12.4. The van der Waals surface area contributed by atoms with Crippen LogP contribution >= 0.6 is 11.6 Å². The molecule has 0 fully saturated rings. The number of nitrogens with two attached hydrogens (primary N) is 1. The van der Waals surface area contributed by atoms with Crippen molar-refractivity contribution < 1.29 is 4.79 Å². The SMILES string of the molecule is CCn1nc(C)c(Cl)c1CC(=O)Cc1cccc(N)c1. The van der Waals surface area contributed by atoms with Crippen LogP contribution in [-0.4, -0.2) is 15.6 Å². The van der Waals surface area contributed by atoms with Gasteiger partial charge in [0.05, 0.1) is 22.8 Å². The number of nitrogens with zero attached hydrogens (tertiary/aromatic N) is 2. The average Bonchev–Trinajstić information content (AvgIpc) is 2.66. The van der Waals surface area contributed by atoms with Crippen molar-refractivity contribution >= 4 is 23.1 Å². The van der Waals surface area contributed by atoms with E-state index in [-0.39, 0.29) is 5.78 Å². The van der Waals surface area contributed by atoms with E-state index in [9.17, 15) is 4.79 Å². The quantitative estimate of drug-likeness (QED) is 0.862. The van der Waals surface area contributed by atoms with Crippen molar-refractivity contribution in [1.29, 1.82) is 0 Å². The third-order valence-electron chi connectivity index (χ3n) is 3.17. The summed E-state index contributed by atoms with van der Waals surface area (Å²) in [4.78, 5) is 12.2. The second-order valence-corrected chi connectivity index (χ2v) is 5.18. The maximum Gasteiger partial charge on any atom is 0.143 e. The number of benzene rings is 1. The maximum absolute atomic E-state index is 12.2. The molecule has 0 aliphatic carbocycles. The minimum Gasteiger partial charge on any atom is -0.399 e. The van der Waals surface area contributed by atoms with Crippen molar-refractivity contribution in [2.75, 3.05) is 5.73 Å². The predicted octanol–water partition coefficient (Wildman–Crippen LogP) is 2.80. The first kappa shape index (κ1) is 14.6. The van der Waals surface area contributed by atoms with Crippen LogP contribution in [0.2, 0.25) is 5.02 Å². The summed E-state index contributed by atoms with van der Waals surface area (Å²) in [5.41, 5.74) is 8.86. The molecule has 4 nitrogen and oxygen atoms in total. The maximum atomic E-state index is 12.2. The number of nitrogen functional groups attached to an aromatic ring is 1. The van der Waals surface area contributed by atoms with E-state index in [1.165, 1.54) is 0 Å². The van der Waals surface area contributed by atoms with E-state index in [1.807, 2.05) is 32.0 Å². The molecule has 5 heteroatoms. The minimum absolute atomic E-state index is 0.104. The summed E-state index contributed by atoms with van der Waals surface area (Å²) in [5.74, 6) is 0.104. The number of rotatable bonds is 5. The Bertz CT molecular complexity index is 634. The van der Waals surface area contributed by atoms with Gasteiger partial charge in [-0.25, -0.2) is 0 Å². The van der Waals surface area contributed by atoms with Crippen molar-refractivity contribution in [1.82, 2.24) is 9.78 Å². The average molecular weight is 292 g/mol. The van der Waals surface area contributed by atoms with Crippen molar-refractivity contribution in [2.24, 2.45) is 0 Å². The van der Waals surface area contributed by atoms with Gasteiger partial charge in [-0.2, -0.15) is 5.10 Å². The first-order valence-corrected chi connectivity index (χ1v) is 6.97. The fraction of sp³-hybridized carbons (Fsp3) is 0.333. The Kier molecular flexibility index (Phi) is 4.45. The number of carbonyl (C=O) groups is 1. The van der Waals surface area contributed by atoms with Crippen LogP contribution in [0.5, 0.6) is 0 Å². The molecular formula is C15H18ClN3O. The Labute approximate surface area is 123 Å². The second kappa shape index (κ2) is 6.09. The van der Waals surface area contributed by atoms with E-state index in [0.29, 0.717) is 30.1 Å². The molecule has 20 heavy (non-hydrogen) atoms. The van der Waals surface area contributed by atoms with Crippen molar-refractivity contribution in [2.45, 2.75) is 33.2 Å². The number of carbonyl (C=O) groups excluding carboxylic acids is 1. The zero-order valence-electron chi connectivity index (χ0n) is 11.7. The van der Waals surface area contributed by atoms with Gasteiger partial charge in [-0.15, -0.1) is 0 Å². The number of hydrogen-bond acceptors (Lipinski definition) is 3. The summed E-state index contributed by atoms with van der Waals surface area (Å²) < 4.78 is 1.79. The fourth-order valence-corrected chi connectivity index (χ4v) is 2.42. The predicted molar refractivity (Wildman–Crippen MR) is 80.9 cm³/mol. The van der Waals surface area contributed by atoms with Crippen LogP contribution < -0.4 is 5.73 Å². The summed E-state index contributed by atoms with van der Waals surface area (Å²) in [6.07, 6.45) is 0.650. The zero-order chi connectivity index (χ0) is 14.7. The minimum atomic E-state index is 0.104. The third-order valence-corrected chi connectivity index (χ3v) is 3.66. The van der Waals surface area contributed by atoms with Crippen molar-refractivity contribution in [3.05, 3.63) is 46.2 Å². The lowest BCUT2D eigenvalue weighted by atomic mass is 10.0. The number of anilines is 1. The van der Waals surface area contributed by atoms with Crippen LogP contribution in [0, 0.1) is 6.92 Å². The van der Waals surface area contributed by atoms with Crippen LogP contribution in [0.3, 0.4) is 0 Å². The van der Waals surface area contributed by atoms with Crippen LogP contribution in [0.15, 0.2) is 24.3 Å². The number of aryl methyl sites for hydroxylation is 2. The largest absolute Gasteiger partial charge is 0.399 e. The van der Waals surface area contributed by atoms with Gasteiger partial charge >= 0.3 is 0 Å². The van der Waals surface area contributed by atoms with Crippen LogP contribution in [0.1, 0.15) is 23.9 Å². The molecule has 0 amide bonds. The topological polar surface area (TPSA) is 60.9 Å². The second-order valence-electron chi connectivity index (χ2n) is 4.80. The fourth-order valence-electron chi connectivity index (χ4n) is 2.22. The monoisotopic (exact) mass is 291 g/mol. The molecule has 0 bridgehead atoms. The van der Waals surface area contributed by atoms with Gasteiger partial charge in [-0.1, -0.05) is 23.7 Å². The smallest absolute Gasteiger partial charge is 0.143 e. The Balaban J connectivity index is 2.12. The summed E-state index contributed by atoms with van der Waals surface area (Å²) in [7, 11) is 0. The lowest BCUT2D eigenvalue weighted by molar-refractivity contribution is -0.117. The molecule has 2 N–H and O–H groups in total. The highest BCUT2D eigenvalue weighted by Gasteiger charge is 2.16. The number of ketones is 1. The Morgan fingerprint density at radius 2 is 2.15 bits per heavy atom. The molecule has 0 aliphatic heterocycles. The highest BCUT2D eigenvalue weighted by Crippen LogP contribution is 2.21. The van der Waals surface area contributed by atoms with E-state index in [1.54, 1.807) is 10.7 Å². The van der Waals surface area contributed by atoms with E-state index in [0.717, 1.165) is 17.0 Å². The number of halogens is 1. The van der Waals surface area contributed by atoms with E-state index in [4.69, 9.17) is 17.3 Å². The van der Waals surface area contributed by atoms with Crippen molar-refractivity contribution in [3.8, 4) is 0 Å². The van der Waals surface area contributed by atoms with Gasteiger partial charge in [-0.05, 0) is 31.5 Å². The van der Waals surface area contributed by atoms with Crippen molar-refractivity contribution in [3.63, 3.8) is 0 Å². The molecular weight excluding hydrogens is 274 g/mol. The van der Waals surface area contributed by atoms with E-state index < -0.39 is 0 Å². The Morgan fingerprint density at radius 1 is 1.40 bits per heavy atom. The van der Waals surface area contributed by atoms with Gasteiger partial charge < -0.3 is 5.73 Å². The van der Waals surface area contributed by atoms with Gasteiger partial charge in [0.1, 0.15) is 5.78 Å². The van der Waals surface area contributed by atoms with E-state index in [2.05, 4.69) is 5.10 Å². The summed E-state index contributed by atoms with van der Waals surface area (Å²) in [5, 5.41) is 4.91. The van der Waals surface area contributed by atoms with Crippen LogP contribution in [0.25, 0.3) is 0 Å². The van der Waals surface area contributed by atoms with Crippen LogP contribution in [0.4, 0.5) is 5.69 Å². The molecule has 0 saturated carbocycles. The van der Waals surface area contributed by atoms with Crippen LogP contribution in [-0.2, 0) is 24.2 Å². The molecule has 1 aromatic heterocycles. The summed E-state index contributed by atoms with van der Waals surface area (Å²) >= 11 is 6.21. The van der Waals surface area contributed by atoms with Gasteiger partial charge in [0, 0.05) is 18.7 Å². The normalized spacial score (nSPS) is 10.8. The first-order chi connectivity index (χ1) is 9.51. The highest BCUT2D eigenvalue weighted by molar-refractivity contribution is 6.32. The standard InChI is InChI=1S/C15H18ClN3O/c1-3-19-14(15(16)10(2)18-19)9-13(20)8-11-5-4-6-12(17)7-11/h4-7H,3,8-9,17H2,1-2H3. The Hall–Kier alpha value is -1.81. The summed E-state index contributed by atoms with van der Waals surface area (Å²) in [6.45, 7) is 4.53. The lowest BCUT2D eigenvalue weighted by Crippen LogP contribution is -2.12. The highest BCUT2D eigenvalue weighted by atomic mass is 35.5. The number of Topliss-reactive ketones (excluding diaryl/α,β-unsaturated/α-hetero) is 1. The molecule has 0 unspecified atom stereocenters. The molecule has 2 rings (SSSR count). The van der Waals surface area contributed by atoms with Gasteiger partial charge in [0.2, 0.25) is 0 Å². The third kappa shape index (κ3) is 3.20. The molecule has 0 radical (unpaired) electrons. The molecule has 0 aliphatic rings. The van der Waals surface area contributed by atoms with Gasteiger partial charge in [-0.3, -0.25) is 9.48 Å². The van der Waals surface area contributed by atoms with E-state index >= 15 is 0 Å². The molecule has 0 atom stereocenters. The number of aromatic nitrogens is 2. The molecule has 106 valence electrons. The molecule has 1 heterocycles. The molecule has 1 aromatic carbocycles. The van der Waals surface area contributed by atoms with Gasteiger partial charge in [0.25, 0.3) is 0 Å². The number of hydrogen-bond donors (Lipinski definition) is 1. The molecule has 0 spiro atoms. The molecule has 2 aromatic rings. The Morgan fingerprint density at radius 3 is 2.80 bits per heavy atom. The first-order valence-electron chi connectivity index (χ1n) is 6.59.